The summed E-state index contributed by atoms with van der Waals surface area (Å²) >= 11 is 13.3. The quantitative estimate of drug-likeness (QED) is 0.348. The number of benzene rings is 2. The fourth-order valence-electron chi connectivity index (χ4n) is 2.68. The first-order chi connectivity index (χ1) is 12.5. The monoisotopic (exact) mass is 406 g/mol. The predicted octanol–water partition coefficient (Wildman–Crippen LogP) is 6.17. The van der Waals surface area contributed by atoms with Gasteiger partial charge >= 0.3 is 5.00 Å². The van der Waals surface area contributed by atoms with E-state index in [0.717, 1.165) is 17.0 Å². The van der Waals surface area contributed by atoms with Crippen LogP contribution in [-0.2, 0) is 19.6 Å². The van der Waals surface area contributed by atoms with Crippen LogP contribution in [0.3, 0.4) is 0 Å². The molecule has 0 saturated carbocycles. The lowest BCUT2D eigenvalue weighted by atomic mass is 10.1. The van der Waals surface area contributed by atoms with Crippen LogP contribution in [0.15, 0.2) is 60.7 Å². The fourth-order valence-corrected chi connectivity index (χ4v) is 3.86. The van der Waals surface area contributed by atoms with Gasteiger partial charge in [-0.15, -0.1) is 0 Å². The molecule has 0 aliphatic heterocycles. The summed E-state index contributed by atoms with van der Waals surface area (Å²) in [6.07, 6.45) is 0. The molecule has 0 fully saturated rings. The largest absolute Gasteiger partial charge is 0.324 e. The van der Waals surface area contributed by atoms with Crippen LogP contribution in [-0.4, -0.2) is 9.82 Å². The van der Waals surface area contributed by atoms with Crippen molar-refractivity contribution in [3.8, 4) is 0 Å². The maximum atomic E-state index is 10.9. The van der Waals surface area contributed by atoms with E-state index in [2.05, 4.69) is 17.0 Å². The third-order valence-corrected chi connectivity index (χ3v) is 5.61. The molecule has 7 heteroatoms. The Morgan fingerprint density at radius 3 is 2.27 bits per heavy atom. The number of hydrogen-bond acceptors (Lipinski definition) is 4. The van der Waals surface area contributed by atoms with Crippen LogP contribution >= 0.6 is 34.5 Å². The van der Waals surface area contributed by atoms with E-state index in [9.17, 15) is 10.1 Å². The van der Waals surface area contributed by atoms with E-state index in [1.165, 1.54) is 16.9 Å². The lowest BCUT2D eigenvalue weighted by Crippen LogP contribution is -2.21. The number of halogens is 2. The van der Waals surface area contributed by atoms with Gasteiger partial charge in [-0.2, -0.15) is 0 Å². The second-order valence-corrected chi connectivity index (χ2v) is 7.84. The highest BCUT2D eigenvalue weighted by Gasteiger charge is 2.14. The Bertz CT molecular complexity index is 900. The lowest BCUT2D eigenvalue weighted by molar-refractivity contribution is -0.380. The number of rotatable bonds is 7. The zero-order valence-corrected chi connectivity index (χ0v) is 16.1. The highest BCUT2D eigenvalue weighted by molar-refractivity contribution is 7.15. The van der Waals surface area contributed by atoms with E-state index in [4.69, 9.17) is 23.2 Å². The van der Waals surface area contributed by atoms with Crippen molar-refractivity contribution in [2.75, 3.05) is 0 Å². The van der Waals surface area contributed by atoms with Crippen LogP contribution in [0.1, 0.15) is 16.0 Å². The molecule has 0 radical (unpaired) electrons. The molecule has 4 nitrogen and oxygen atoms in total. The molecular weight excluding hydrogens is 391 g/mol. The van der Waals surface area contributed by atoms with Crippen molar-refractivity contribution in [1.82, 2.24) is 4.90 Å². The summed E-state index contributed by atoms with van der Waals surface area (Å²) in [7, 11) is 0. The number of nitrogens with zero attached hydrogens (tertiary/aromatic N) is 2. The third kappa shape index (κ3) is 5.05. The maximum Gasteiger partial charge on any atom is 0.324 e. The summed E-state index contributed by atoms with van der Waals surface area (Å²) in [4.78, 5) is 13.8. The minimum absolute atomic E-state index is 0.161. The first-order valence-electron chi connectivity index (χ1n) is 7.94. The SMILES string of the molecule is O=[N+]([O-])c1ccc(CN(Cc2ccccc2)Cc2ccc(Cl)c(Cl)c2)s1. The molecule has 0 aliphatic rings. The number of nitro groups is 1. The Balaban J connectivity index is 1.80. The fraction of sp³-hybridized carbons (Fsp3) is 0.158. The van der Waals surface area contributed by atoms with Crippen molar-refractivity contribution in [3.63, 3.8) is 0 Å². The van der Waals surface area contributed by atoms with E-state index >= 15 is 0 Å². The molecule has 0 saturated heterocycles. The van der Waals surface area contributed by atoms with Gasteiger partial charge in [0.2, 0.25) is 0 Å². The number of hydrogen-bond donors (Lipinski definition) is 0. The topological polar surface area (TPSA) is 46.4 Å². The molecule has 0 amide bonds. The van der Waals surface area contributed by atoms with Crippen LogP contribution < -0.4 is 0 Å². The first-order valence-corrected chi connectivity index (χ1v) is 9.52. The third-order valence-electron chi connectivity index (χ3n) is 3.85. The van der Waals surface area contributed by atoms with Gasteiger partial charge < -0.3 is 0 Å². The van der Waals surface area contributed by atoms with Crippen LogP contribution in [0.2, 0.25) is 10.0 Å². The number of thiophene rings is 1. The summed E-state index contributed by atoms with van der Waals surface area (Å²) in [5.74, 6) is 0. The van der Waals surface area contributed by atoms with Gasteiger partial charge in [-0.05, 0) is 29.3 Å². The Morgan fingerprint density at radius 2 is 1.62 bits per heavy atom. The van der Waals surface area contributed by atoms with E-state index < -0.39 is 0 Å². The van der Waals surface area contributed by atoms with E-state index in [0.29, 0.717) is 23.1 Å². The van der Waals surface area contributed by atoms with Crippen molar-refractivity contribution in [2.24, 2.45) is 0 Å². The van der Waals surface area contributed by atoms with Gasteiger partial charge in [0.15, 0.2) is 0 Å². The van der Waals surface area contributed by atoms with Gasteiger partial charge in [0.05, 0.1) is 15.0 Å². The second kappa shape index (κ2) is 8.64. The molecule has 1 heterocycles. The van der Waals surface area contributed by atoms with Crippen LogP contribution in [0, 0.1) is 10.1 Å². The van der Waals surface area contributed by atoms with Gasteiger partial charge in [-0.3, -0.25) is 15.0 Å². The normalized spacial score (nSPS) is 11.0. The summed E-state index contributed by atoms with van der Waals surface area (Å²) in [5.41, 5.74) is 2.22. The standard InChI is InChI=1S/C19H16Cl2N2O2S/c20-17-8-6-15(10-18(17)21)12-22(11-14-4-2-1-3-5-14)13-16-7-9-19(26-16)23(24)25/h1-10H,11-13H2. The van der Waals surface area contributed by atoms with Gasteiger partial charge in [-0.25, -0.2) is 0 Å². The lowest BCUT2D eigenvalue weighted by Gasteiger charge is -2.22. The molecule has 0 aliphatic carbocycles. The second-order valence-electron chi connectivity index (χ2n) is 5.88. The molecule has 0 bridgehead atoms. The molecule has 3 aromatic rings. The summed E-state index contributed by atoms with van der Waals surface area (Å²) in [6.45, 7) is 2.01. The predicted molar refractivity (Wildman–Crippen MR) is 107 cm³/mol. The van der Waals surface area contributed by atoms with E-state index in [1.54, 1.807) is 12.1 Å². The Hall–Kier alpha value is -1.92. The molecule has 0 unspecified atom stereocenters. The Kier molecular flexibility index (Phi) is 6.27. The Morgan fingerprint density at radius 1 is 0.885 bits per heavy atom. The van der Waals surface area contributed by atoms with Crippen LogP contribution in [0.4, 0.5) is 5.00 Å². The smallest absolute Gasteiger partial charge is 0.290 e. The minimum atomic E-state index is -0.353. The molecule has 3 rings (SSSR count). The van der Waals surface area contributed by atoms with E-state index in [-0.39, 0.29) is 9.92 Å². The zero-order chi connectivity index (χ0) is 18.5. The van der Waals surface area contributed by atoms with Crippen molar-refractivity contribution in [3.05, 3.63) is 96.8 Å². The molecule has 0 atom stereocenters. The first kappa shape index (κ1) is 18.9. The highest BCUT2D eigenvalue weighted by atomic mass is 35.5. The molecular formula is C19H16Cl2N2O2S. The molecule has 26 heavy (non-hydrogen) atoms. The van der Waals surface area contributed by atoms with Crippen molar-refractivity contribution >= 4 is 39.5 Å². The van der Waals surface area contributed by atoms with Gasteiger partial charge in [0, 0.05) is 30.6 Å². The van der Waals surface area contributed by atoms with E-state index in [1.807, 2.05) is 36.4 Å². The van der Waals surface area contributed by atoms with Gasteiger partial charge in [-0.1, -0.05) is 70.9 Å². The maximum absolute atomic E-state index is 10.9. The summed E-state index contributed by atoms with van der Waals surface area (Å²) < 4.78 is 0. The Labute approximate surface area is 165 Å². The summed E-state index contributed by atoms with van der Waals surface area (Å²) in [6, 6.07) is 19.1. The molecule has 0 spiro atoms. The molecule has 0 N–H and O–H groups in total. The average molecular weight is 407 g/mol. The van der Waals surface area contributed by atoms with Crippen LogP contribution in [0.25, 0.3) is 0 Å². The minimum Gasteiger partial charge on any atom is -0.290 e. The summed E-state index contributed by atoms with van der Waals surface area (Å²) in [5, 5.41) is 12.1. The van der Waals surface area contributed by atoms with Crippen LogP contribution in [0.5, 0.6) is 0 Å². The van der Waals surface area contributed by atoms with Crippen molar-refractivity contribution < 1.29 is 4.92 Å². The average Bonchev–Trinajstić information content (AvgIpc) is 3.08. The molecule has 1 aromatic heterocycles. The molecule has 134 valence electrons. The van der Waals surface area contributed by atoms with Gasteiger partial charge in [0.1, 0.15) is 0 Å². The highest BCUT2D eigenvalue weighted by Crippen LogP contribution is 2.27. The molecule has 2 aromatic carbocycles. The van der Waals surface area contributed by atoms with Crippen molar-refractivity contribution in [1.29, 1.82) is 0 Å². The zero-order valence-electron chi connectivity index (χ0n) is 13.8. The van der Waals surface area contributed by atoms with Crippen molar-refractivity contribution in [2.45, 2.75) is 19.6 Å². The van der Waals surface area contributed by atoms with Gasteiger partial charge in [0.25, 0.3) is 0 Å².